The van der Waals surface area contributed by atoms with Crippen LogP contribution in [0.25, 0.3) is 0 Å². The Labute approximate surface area is 75.9 Å². The van der Waals surface area contributed by atoms with Crippen molar-refractivity contribution in [3.63, 3.8) is 0 Å². The number of hydrogen-bond acceptors (Lipinski definition) is 4. The van der Waals surface area contributed by atoms with Gasteiger partial charge in [-0.3, -0.25) is 10.2 Å². The molecular weight excluding hydrogens is 203 g/mol. The number of alkyl halides is 3. The maximum absolute atomic E-state index is 11.7. The second kappa shape index (κ2) is 3.52. The van der Waals surface area contributed by atoms with E-state index in [-0.39, 0.29) is 5.95 Å². The summed E-state index contributed by atoms with van der Waals surface area (Å²) in [4.78, 5) is 10.7. The Morgan fingerprint density at radius 2 is 2.29 bits per heavy atom. The van der Waals surface area contributed by atoms with Crippen molar-refractivity contribution in [2.45, 2.75) is 12.6 Å². The maximum atomic E-state index is 11.7. The van der Waals surface area contributed by atoms with E-state index in [2.05, 4.69) is 10.2 Å². The number of halogens is 3. The fourth-order valence-corrected chi connectivity index (χ4v) is 0.686. The molecule has 0 aliphatic carbocycles. The number of nitrogens with one attached hydrogen (secondary N) is 1. The standard InChI is InChI=1S/C5H6F3N5O/c6-5(7,8)1-3(14)12-13-2-10-11-4(13)9/h2H,1H2,(H2,9,11)(H,12,14). The first-order valence-electron chi connectivity index (χ1n) is 3.40. The molecule has 1 aromatic heterocycles. The molecule has 0 atom stereocenters. The largest absolute Gasteiger partial charge is 0.397 e. The molecule has 0 aliphatic heterocycles. The van der Waals surface area contributed by atoms with Gasteiger partial charge in [0, 0.05) is 0 Å². The van der Waals surface area contributed by atoms with Gasteiger partial charge in [-0.25, -0.2) is 4.68 Å². The summed E-state index contributed by atoms with van der Waals surface area (Å²) in [6.45, 7) is 0. The zero-order valence-electron chi connectivity index (χ0n) is 6.75. The average Bonchev–Trinajstić information content (AvgIpc) is 2.32. The van der Waals surface area contributed by atoms with Crippen LogP contribution in [0.4, 0.5) is 19.1 Å². The number of nitrogen functional groups attached to an aromatic ring is 1. The van der Waals surface area contributed by atoms with Crippen molar-refractivity contribution in [2.24, 2.45) is 0 Å². The van der Waals surface area contributed by atoms with Gasteiger partial charge in [-0.05, 0) is 0 Å². The first-order chi connectivity index (χ1) is 6.38. The van der Waals surface area contributed by atoms with Crippen LogP contribution in [0.5, 0.6) is 0 Å². The molecule has 0 bridgehead atoms. The van der Waals surface area contributed by atoms with Gasteiger partial charge < -0.3 is 5.73 Å². The summed E-state index contributed by atoms with van der Waals surface area (Å²) in [5, 5.41) is 6.52. The first-order valence-corrected chi connectivity index (χ1v) is 3.40. The van der Waals surface area contributed by atoms with Gasteiger partial charge in [-0.2, -0.15) is 13.2 Å². The minimum absolute atomic E-state index is 0.194. The second-order valence-electron chi connectivity index (χ2n) is 2.39. The molecule has 0 aromatic carbocycles. The molecule has 0 unspecified atom stereocenters. The van der Waals surface area contributed by atoms with Crippen molar-refractivity contribution >= 4 is 11.9 Å². The lowest BCUT2D eigenvalue weighted by Gasteiger charge is -2.07. The molecule has 1 heterocycles. The van der Waals surface area contributed by atoms with Gasteiger partial charge in [0.2, 0.25) is 11.9 Å². The molecule has 6 nitrogen and oxygen atoms in total. The summed E-state index contributed by atoms with van der Waals surface area (Å²) in [7, 11) is 0. The Morgan fingerprint density at radius 3 is 2.71 bits per heavy atom. The SMILES string of the molecule is Nc1nncn1NC(=O)CC(F)(F)F. The number of aromatic nitrogens is 3. The first kappa shape index (κ1) is 10.3. The van der Waals surface area contributed by atoms with E-state index in [1.165, 1.54) is 0 Å². The van der Waals surface area contributed by atoms with Crippen molar-refractivity contribution in [2.75, 3.05) is 11.2 Å². The van der Waals surface area contributed by atoms with Gasteiger partial charge >= 0.3 is 6.18 Å². The lowest BCUT2D eigenvalue weighted by atomic mass is 10.4. The van der Waals surface area contributed by atoms with Crippen LogP contribution in [-0.4, -0.2) is 27.0 Å². The zero-order chi connectivity index (χ0) is 10.8. The highest BCUT2D eigenvalue weighted by Gasteiger charge is 2.31. The third kappa shape index (κ3) is 2.92. The number of carbonyl (C=O) groups is 1. The topological polar surface area (TPSA) is 85.8 Å². The molecule has 1 aromatic rings. The van der Waals surface area contributed by atoms with E-state index in [0.29, 0.717) is 0 Å². The predicted molar refractivity (Wildman–Crippen MR) is 39.5 cm³/mol. The fourth-order valence-electron chi connectivity index (χ4n) is 0.686. The van der Waals surface area contributed by atoms with Crippen molar-refractivity contribution in [1.29, 1.82) is 0 Å². The predicted octanol–water partition coefficient (Wildman–Crippen LogP) is -0.117. The van der Waals surface area contributed by atoms with Crippen LogP contribution in [0.2, 0.25) is 0 Å². The summed E-state index contributed by atoms with van der Waals surface area (Å²) < 4.78 is 35.9. The van der Waals surface area contributed by atoms with E-state index in [9.17, 15) is 18.0 Å². The van der Waals surface area contributed by atoms with Crippen molar-refractivity contribution in [3.8, 4) is 0 Å². The maximum Gasteiger partial charge on any atom is 0.397 e. The van der Waals surface area contributed by atoms with Crippen LogP contribution in [0, 0.1) is 0 Å². The van der Waals surface area contributed by atoms with E-state index in [1.807, 2.05) is 5.43 Å². The van der Waals surface area contributed by atoms with Crippen molar-refractivity contribution in [1.82, 2.24) is 14.9 Å². The fraction of sp³-hybridized carbons (Fsp3) is 0.400. The van der Waals surface area contributed by atoms with Gasteiger partial charge in [0.1, 0.15) is 12.7 Å². The number of carbonyl (C=O) groups excluding carboxylic acids is 1. The summed E-state index contributed by atoms with van der Waals surface area (Å²) in [5.74, 6) is -1.43. The zero-order valence-corrected chi connectivity index (χ0v) is 6.75. The minimum atomic E-state index is -4.55. The molecule has 0 aliphatic rings. The minimum Gasteiger partial charge on any atom is -0.366 e. The van der Waals surface area contributed by atoms with E-state index < -0.39 is 18.5 Å². The molecular formula is C5H6F3N5O. The molecule has 1 amide bonds. The molecule has 3 N–H and O–H groups in total. The Balaban J connectivity index is 2.54. The van der Waals surface area contributed by atoms with E-state index in [1.54, 1.807) is 0 Å². The number of amides is 1. The van der Waals surface area contributed by atoms with Gasteiger partial charge in [-0.1, -0.05) is 0 Å². The van der Waals surface area contributed by atoms with Crippen LogP contribution in [-0.2, 0) is 4.79 Å². The van der Waals surface area contributed by atoms with E-state index in [4.69, 9.17) is 5.73 Å². The quantitative estimate of drug-likeness (QED) is 0.711. The number of anilines is 1. The highest BCUT2D eigenvalue weighted by atomic mass is 19.4. The molecule has 0 fully saturated rings. The highest BCUT2D eigenvalue weighted by molar-refractivity contribution is 5.84. The van der Waals surface area contributed by atoms with Gasteiger partial charge in [-0.15, -0.1) is 10.2 Å². The van der Waals surface area contributed by atoms with Crippen LogP contribution in [0.1, 0.15) is 6.42 Å². The molecule has 0 radical (unpaired) electrons. The van der Waals surface area contributed by atoms with Crippen LogP contribution in [0.3, 0.4) is 0 Å². The number of nitrogens with zero attached hydrogens (tertiary/aromatic N) is 3. The van der Waals surface area contributed by atoms with E-state index in [0.717, 1.165) is 11.0 Å². The number of hydrogen-bond donors (Lipinski definition) is 2. The summed E-state index contributed by atoms with van der Waals surface area (Å²) >= 11 is 0. The summed E-state index contributed by atoms with van der Waals surface area (Å²) in [5.41, 5.74) is 7.00. The molecule has 0 spiro atoms. The normalized spacial score (nSPS) is 11.4. The Kier molecular flexibility index (Phi) is 2.58. The van der Waals surface area contributed by atoms with Gasteiger partial charge in [0.25, 0.3) is 0 Å². The van der Waals surface area contributed by atoms with Crippen LogP contribution >= 0.6 is 0 Å². The summed E-state index contributed by atoms with van der Waals surface area (Å²) in [6, 6.07) is 0. The molecule has 9 heteroatoms. The molecule has 0 saturated carbocycles. The Morgan fingerprint density at radius 1 is 1.64 bits per heavy atom. The van der Waals surface area contributed by atoms with Crippen molar-refractivity contribution in [3.05, 3.63) is 6.33 Å². The molecule has 78 valence electrons. The lowest BCUT2D eigenvalue weighted by Crippen LogP contribution is -2.28. The molecule has 14 heavy (non-hydrogen) atoms. The second-order valence-corrected chi connectivity index (χ2v) is 2.39. The van der Waals surface area contributed by atoms with Gasteiger partial charge in [0.05, 0.1) is 0 Å². The van der Waals surface area contributed by atoms with Crippen molar-refractivity contribution < 1.29 is 18.0 Å². The third-order valence-electron chi connectivity index (χ3n) is 1.18. The smallest absolute Gasteiger partial charge is 0.366 e. The van der Waals surface area contributed by atoms with E-state index >= 15 is 0 Å². The van der Waals surface area contributed by atoms with Gasteiger partial charge in [0.15, 0.2) is 0 Å². The summed E-state index contributed by atoms with van der Waals surface area (Å²) in [6.07, 6.45) is -5.14. The van der Waals surface area contributed by atoms with Crippen LogP contribution < -0.4 is 11.2 Å². The number of rotatable bonds is 2. The number of nitrogens with two attached hydrogens (primary N) is 1. The highest BCUT2D eigenvalue weighted by Crippen LogP contribution is 2.19. The average molecular weight is 209 g/mol. The molecule has 1 rings (SSSR count). The third-order valence-corrected chi connectivity index (χ3v) is 1.18. The molecule has 0 saturated heterocycles. The lowest BCUT2D eigenvalue weighted by molar-refractivity contribution is -0.150. The van der Waals surface area contributed by atoms with Crippen LogP contribution in [0.15, 0.2) is 6.33 Å². The Bertz CT molecular complexity index is 332. The monoisotopic (exact) mass is 209 g/mol. The Hall–Kier alpha value is -1.80.